The number of phenolic OH excluding ortho intramolecular Hbond substituents is 2. The molecule has 4 aliphatic rings. The summed E-state index contributed by atoms with van der Waals surface area (Å²) in [6.45, 7) is 10.8. The molecule has 0 aliphatic carbocycles. The van der Waals surface area contributed by atoms with E-state index in [0.717, 1.165) is 59.8 Å². The molecule has 14 nitrogen and oxygen atoms in total. The molecule has 2 fully saturated rings. The maximum absolute atomic E-state index is 14.0. The van der Waals surface area contributed by atoms with Crippen LogP contribution in [-0.4, -0.2) is 103 Å². The van der Waals surface area contributed by atoms with Gasteiger partial charge in [-0.05, 0) is 53.6 Å². The molecule has 2 aromatic heterocycles. The van der Waals surface area contributed by atoms with Crippen LogP contribution in [0.2, 0.25) is 0 Å². The van der Waals surface area contributed by atoms with Gasteiger partial charge in [0, 0.05) is 69.8 Å². The van der Waals surface area contributed by atoms with Crippen LogP contribution in [0, 0.1) is 5.92 Å². The molecule has 4 aromatic rings. The number of ether oxygens (including phenoxy) is 1. The van der Waals surface area contributed by atoms with Crippen LogP contribution < -0.4 is 10.6 Å². The number of hydrogen-bond acceptors (Lipinski definition) is 12. The van der Waals surface area contributed by atoms with Crippen molar-refractivity contribution in [2.75, 3.05) is 56.6 Å². The van der Waals surface area contributed by atoms with Gasteiger partial charge in [0.15, 0.2) is 5.82 Å². The second-order valence-electron chi connectivity index (χ2n) is 14.8. The number of nitrogens with zero attached hydrogens (tertiary/aromatic N) is 8. The quantitative estimate of drug-likeness (QED) is 0.254. The average molecular weight is 720 g/mol. The van der Waals surface area contributed by atoms with E-state index in [1.54, 1.807) is 23.4 Å². The number of rotatable bonds is 7. The van der Waals surface area contributed by atoms with E-state index in [2.05, 4.69) is 38.0 Å². The molecule has 4 aliphatic heterocycles. The normalized spacial score (nSPS) is 18.8. The van der Waals surface area contributed by atoms with Crippen molar-refractivity contribution in [3.8, 4) is 22.9 Å². The van der Waals surface area contributed by atoms with E-state index in [-0.39, 0.29) is 46.7 Å². The first-order valence-electron chi connectivity index (χ1n) is 18.4. The third kappa shape index (κ3) is 6.96. The topological polar surface area (TPSA) is 174 Å². The monoisotopic (exact) mass is 719 g/mol. The number of amides is 2. The van der Waals surface area contributed by atoms with E-state index >= 15 is 0 Å². The van der Waals surface area contributed by atoms with Gasteiger partial charge in [-0.3, -0.25) is 14.5 Å². The summed E-state index contributed by atoms with van der Waals surface area (Å²) < 4.78 is 5.60. The molecule has 6 heterocycles. The van der Waals surface area contributed by atoms with Gasteiger partial charge in [0.1, 0.15) is 17.3 Å². The number of nitrogens with two attached hydrogens (primary N) is 1. The van der Waals surface area contributed by atoms with Crippen LogP contribution in [0.4, 0.5) is 11.8 Å². The van der Waals surface area contributed by atoms with Crippen molar-refractivity contribution >= 4 is 23.6 Å². The minimum absolute atomic E-state index is 0.00550. The number of nitrogen functional groups attached to an aromatic ring is 1. The number of phenols is 2. The van der Waals surface area contributed by atoms with Crippen LogP contribution in [0.15, 0.2) is 42.7 Å². The zero-order chi connectivity index (χ0) is 36.8. The smallest absolute Gasteiger partial charge is 0.258 e. The Morgan fingerprint density at radius 3 is 2.47 bits per heavy atom. The minimum atomic E-state index is -0.261. The fourth-order valence-corrected chi connectivity index (χ4v) is 8.00. The van der Waals surface area contributed by atoms with Gasteiger partial charge in [0.25, 0.3) is 5.91 Å². The summed E-state index contributed by atoms with van der Waals surface area (Å²) in [4.78, 5) is 53.9. The Hall–Kier alpha value is -5.34. The number of carbonyl (C=O) groups excluding carboxylic acids is 2. The standard InChI is InChI=1S/C39H45N9O5/c1-23(2)30-14-31(34(50)15-33(30)49)38(52)48-20-25-4-3-24(13-27(25)21-48)18-45-7-5-26(19-45)37(51)47-8-6-29-32(22-47)43-35(28-16-41-39(40)42-17-28)44-36(29)46-9-11-53-12-10-46/h3-4,13-17,23,26,49-50H,5-12,18-22H2,1-2H3,(H2,40,41,42)/t26-/m0/s1. The average Bonchev–Trinajstić information content (AvgIpc) is 3.81. The second kappa shape index (κ2) is 14.2. The fourth-order valence-electron chi connectivity index (χ4n) is 8.00. The largest absolute Gasteiger partial charge is 0.508 e. The van der Waals surface area contributed by atoms with E-state index in [1.807, 2.05) is 18.7 Å². The predicted molar refractivity (Wildman–Crippen MR) is 197 cm³/mol. The van der Waals surface area contributed by atoms with Gasteiger partial charge in [0.05, 0.1) is 42.5 Å². The van der Waals surface area contributed by atoms with Gasteiger partial charge in [0.2, 0.25) is 11.9 Å². The summed E-state index contributed by atoms with van der Waals surface area (Å²) >= 11 is 0. The third-order valence-corrected chi connectivity index (χ3v) is 10.9. The zero-order valence-electron chi connectivity index (χ0n) is 30.2. The van der Waals surface area contributed by atoms with E-state index in [1.165, 1.54) is 6.07 Å². The molecule has 4 N–H and O–H groups in total. The molecule has 8 rings (SSSR count). The Balaban J connectivity index is 0.920. The second-order valence-corrected chi connectivity index (χ2v) is 14.8. The van der Waals surface area contributed by atoms with Crippen molar-refractivity contribution < 1.29 is 24.5 Å². The first kappa shape index (κ1) is 34.7. The maximum Gasteiger partial charge on any atom is 0.258 e. The van der Waals surface area contributed by atoms with Crippen molar-refractivity contribution in [2.24, 2.45) is 5.92 Å². The highest BCUT2D eigenvalue weighted by Crippen LogP contribution is 2.35. The number of morpholine rings is 1. The van der Waals surface area contributed by atoms with Crippen molar-refractivity contribution in [1.29, 1.82) is 0 Å². The van der Waals surface area contributed by atoms with Crippen molar-refractivity contribution in [1.82, 2.24) is 34.6 Å². The Morgan fingerprint density at radius 2 is 1.70 bits per heavy atom. The maximum atomic E-state index is 14.0. The van der Waals surface area contributed by atoms with Gasteiger partial charge in [-0.1, -0.05) is 32.0 Å². The molecule has 0 bridgehead atoms. The summed E-state index contributed by atoms with van der Waals surface area (Å²) in [6, 6.07) is 9.20. The fraction of sp³-hybridized carbons (Fsp3) is 0.436. The lowest BCUT2D eigenvalue weighted by atomic mass is 9.98. The predicted octanol–water partition coefficient (Wildman–Crippen LogP) is 3.45. The lowest BCUT2D eigenvalue weighted by Gasteiger charge is -2.35. The number of aromatic hydroxyl groups is 2. The number of fused-ring (bicyclic) bond motifs is 2. The molecule has 1 atom stereocenters. The molecule has 2 saturated heterocycles. The number of likely N-dealkylation sites (tertiary alicyclic amines) is 1. The number of benzene rings is 2. The highest BCUT2D eigenvalue weighted by atomic mass is 16.5. The van der Waals surface area contributed by atoms with Crippen LogP contribution in [-0.2, 0) is 42.1 Å². The molecule has 2 aromatic carbocycles. The molecular weight excluding hydrogens is 674 g/mol. The highest BCUT2D eigenvalue weighted by molar-refractivity contribution is 5.97. The van der Waals surface area contributed by atoms with Gasteiger partial charge in [-0.2, -0.15) is 0 Å². The Bertz CT molecular complexity index is 2050. The van der Waals surface area contributed by atoms with Gasteiger partial charge in [-0.15, -0.1) is 0 Å². The Morgan fingerprint density at radius 1 is 0.925 bits per heavy atom. The molecule has 0 saturated carbocycles. The Kier molecular flexibility index (Phi) is 9.33. The summed E-state index contributed by atoms with van der Waals surface area (Å²) in [5.74, 6) is 1.17. The van der Waals surface area contributed by atoms with E-state index in [4.69, 9.17) is 20.4 Å². The van der Waals surface area contributed by atoms with Crippen LogP contribution in [0.25, 0.3) is 11.4 Å². The molecule has 53 heavy (non-hydrogen) atoms. The number of hydrogen-bond donors (Lipinski definition) is 3. The molecule has 0 spiro atoms. The molecular formula is C39H45N9O5. The number of carbonyl (C=O) groups is 2. The summed E-state index contributed by atoms with van der Waals surface area (Å²) in [6.07, 6.45) is 4.74. The van der Waals surface area contributed by atoms with Crippen LogP contribution in [0.1, 0.15) is 70.1 Å². The minimum Gasteiger partial charge on any atom is -0.508 e. The first-order chi connectivity index (χ1) is 25.6. The first-order valence-corrected chi connectivity index (χ1v) is 18.4. The van der Waals surface area contributed by atoms with Crippen molar-refractivity contribution in [3.63, 3.8) is 0 Å². The molecule has 0 unspecified atom stereocenters. The number of anilines is 2. The summed E-state index contributed by atoms with van der Waals surface area (Å²) in [5, 5.41) is 20.7. The van der Waals surface area contributed by atoms with E-state index < -0.39 is 0 Å². The summed E-state index contributed by atoms with van der Waals surface area (Å²) in [7, 11) is 0. The molecule has 14 heteroatoms. The van der Waals surface area contributed by atoms with Crippen molar-refractivity contribution in [3.05, 3.63) is 81.8 Å². The molecule has 276 valence electrons. The SMILES string of the molecule is CC(C)c1cc(C(=O)N2Cc3ccc(CN4CC[C@H](C(=O)N5CCc6c(nc(-c7cnc(N)nc7)nc6N6CCOCC6)C5)C4)cc3C2)c(O)cc1O. The van der Waals surface area contributed by atoms with Gasteiger partial charge < -0.3 is 35.4 Å². The lowest BCUT2D eigenvalue weighted by molar-refractivity contribution is -0.136. The van der Waals surface area contributed by atoms with Crippen LogP contribution in [0.3, 0.4) is 0 Å². The Labute approximate surface area is 308 Å². The lowest BCUT2D eigenvalue weighted by Crippen LogP contribution is -2.43. The summed E-state index contributed by atoms with van der Waals surface area (Å²) in [5.41, 5.74) is 12.5. The van der Waals surface area contributed by atoms with E-state index in [0.29, 0.717) is 75.9 Å². The van der Waals surface area contributed by atoms with Crippen molar-refractivity contribution in [2.45, 2.75) is 58.8 Å². The third-order valence-electron chi connectivity index (χ3n) is 10.9. The molecule has 0 radical (unpaired) electrons. The molecule has 2 amide bonds. The zero-order valence-corrected chi connectivity index (χ0v) is 30.2. The van der Waals surface area contributed by atoms with E-state index in [9.17, 15) is 19.8 Å². The number of aromatic nitrogens is 4. The van der Waals surface area contributed by atoms with Crippen LogP contribution in [0.5, 0.6) is 11.5 Å². The van der Waals surface area contributed by atoms with Gasteiger partial charge >= 0.3 is 0 Å². The van der Waals surface area contributed by atoms with Gasteiger partial charge in [-0.25, -0.2) is 19.9 Å². The van der Waals surface area contributed by atoms with Crippen LogP contribution >= 0.6 is 0 Å². The highest BCUT2D eigenvalue weighted by Gasteiger charge is 2.35.